The van der Waals surface area contributed by atoms with Gasteiger partial charge in [-0.3, -0.25) is 0 Å². The van der Waals surface area contributed by atoms with Crippen molar-refractivity contribution in [1.29, 1.82) is 0 Å². The molecular weight excluding hydrogens is 198 g/mol. The van der Waals surface area contributed by atoms with Crippen molar-refractivity contribution in [2.45, 2.75) is 71.4 Å². The molecule has 0 aliphatic heterocycles. The highest BCUT2D eigenvalue weighted by molar-refractivity contribution is 4.77. The SMILES string of the molecule is CCC1CCC(NCC(C)CC(C)O)CC1. The molecule has 2 unspecified atom stereocenters. The summed E-state index contributed by atoms with van der Waals surface area (Å²) in [6.45, 7) is 7.47. The predicted molar refractivity (Wildman–Crippen MR) is 69.5 cm³/mol. The van der Waals surface area contributed by atoms with Crippen molar-refractivity contribution in [1.82, 2.24) is 5.32 Å². The van der Waals surface area contributed by atoms with Crippen molar-refractivity contribution in [2.24, 2.45) is 11.8 Å². The Morgan fingerprint density at radius 1 is 1.19 bits per heavy atom. The van der Waals surface area contributed by atoms with Gasteiger partial charge in [0.1, 0.15) is 0 Å². The second kappa shape index (κ2) is 7.29. The first kappa shape index (κ1) is 14.0. The van der Waals surface area contributed by atoms with E-state index in [0.29, 0.717) is 5.92 Å². The van der Waals surface area contributed by atoms with E-state index in [1.807, 2.05) is 6.92 Å². The molecule has 1 aliphatic rings. The van der Waals surface area contributed by atoms with Crippen LogP contribution in [0.4, 0.5) is 0 Å². The molecule has 0 aromatic heterocycles. The molecule has 0 bridgehead atoms. The van der Waals surface area contributed by atoms with Crippen LogP contribution in [0, 0.1) is 11.8 Å². The van der Waals surface area contributed by atoms with E-state index in [1.54, 1.807) is 0 Å². The van der Waals surface area contributed by atoms with Crippen molar-refractivity contribution in [3.63, 3.8) is 0 Å². The molecular formula is C14H29NO. The number of nitrogens with one attached hydrogen (secondary N) is 1. The molecule has 0 heterocycles. The third-order valence-electron chi connectivity index (χ3n) is 3.92. The molecule has 1 rings (SSSR count). The van der Waals surface area contributed by atoms with Crippen LogP contribution in [-0.2, 0) is 0 Å². The fourth-order valence-corrected chi connectivity index (χ4v) is 2.81. The van der Waals surface area contributed by atoms with E-state index in [-0.39, 0.29) is 6.10 Å². The quantitative estimate of drug-likeness (QED) is 0.731. The first-order valence-corrected chi connectivity index (χ1v) is 7.03. The minimum atomic E-state index is -0.160. The predicted octanol–water partition coefficient (Wildman–Crippen LogP) is 2.95. The average molecular weight is 227 g/mol. The molecule has 16 heavy (non-hydrogen) atoms. The van der Waals surface area contributed by atoms with E-state index in [4.69, 9.17) is 0 Å². The number of aliphatic hydroxyl groups excluding tert-OH is 1. The summed E-state index contributed by atoms with van der Waals surface area (Å²) in [6.07, 6.45) is 7.60. The number of rotatable bonds is 6. The Kier molecular flexibility index (Phi) is 6.37. The van der Waals surface area contributed by atoms with Crippen LogP contribution >= 0.6 is 0 Å². The topological polar surface area (TPSA) is 32.3 Å². The summed E-state index contributed by atoms with van der Waals surface area (Å²) in [6, 6.07) is 0.735. The van der Waals surface area contributed by atoms with Gasteiger partial charge in [0.05, 0.1) is 6.10 Å². The summed E-state index contributed by atoms with van der Waals surface area (Å²) in [5, 5.41) is 13.0. The maximum Gasteiger partial charge on any atom is 0.0515 e. The Balaban J connectivity index is 2.10. The summed E-state index contributed by atoms with van der Waals surface area (Å²) in [7, 11) is 0. The Bertz CT molecular complexity index is 174. The summed E-state index contributed by atoms with van der Waals surface area (Å²) >= 11 is 0. The average Bonchev–Trinajstić information content (AvgIpc) is 2.26. The molecule has 1 fully saturated rings. The molecule has 1 saturated carbocycles. The molecule has 2 heteroatoms. The van der Waals surface area contributed by atoms with Gasteiger partial charge in [0.25, 0.3) is 0 Å². The molecule has 0 aromatic rings. The van der Waals surface area contributed by atoms with Gasteiger partial charge in [-0.1, -0.05) is 20.3 Å². The van der Waals surface area contributed by atoms with Crippen LogP contribution in [0.15, 0.2) is 0 Å². The van der Waals surface area contributed by atoms with Crippen molar-refractivity contribution >= 4 is 0 Å². The molecule has 2 nitrogen and oxygen atoms in total. The number of aliphatic hydroxyl groups is 1. The van der Waals surface area contributed by atoms with Gasteiger partial charge in [-0.2, -0.15) is 0 Å². The molecule has 1 aliphatic carbocycles. The summed E-state index contributed by atoms with van der Waals surface area (Å²) in [5.41, 5.74) is 0. The van der Waals surface area contributed by atoms with Gasteiger partial charge < -0.3 is 10.4 Å². The third-order valence-corrected chi connectivity index (χ3v) is 3.92. The van der Waals surface area contributed by atoms with E-state index in [1.165, 1.54) is 32.1 Å². The Labute approximate surface area is 101 Å². The highest BCUT2D eigenvalue weighted by atomic mass is 16.3. The summed E-state index contributed by atoms with van der Waals surface area (Å²) in [5.74, 6) is 1.57. The lowest BCUT2D eigenvalue weighted by molar-refractivity contribution is 0.160. The Morgan fingerprint density at radius 2 is 1.81 bits per heavy atom. The number of hydrogen-bond donors (Lipinski definition) is 2. The van der Waals surface area contributed by atoms with Crippen LogP contribution in [-0.4, -0.2) is 23.8 Å². The van der Waals surface area contributed by atoms with Gasteiger partial charge in [-0.05, 0) is 57.4 Å². The fourth-order valence-electron chi connectivity index (χ4n) is 2.81. The molecule has 0 radical (unpaired) electrons. The van der Waals surface area contributed by atoms with Gasteiger partial charge in [-0.25, -0.2) is 0 Å². The van der Waals surface area contributed by atoms with E-state index in [9.17, 15) is 5.11 Å². The molecule has 96 valence electrons. The first-order valence-electron chi connectivity index (χ1n) is 7.03. The second-order valence-electron chi connectivity index (χ2n) is 5.72. The molecule has 2 N–H and O–H groups in total. The van der Waals surface area contributed by atoms with Crippen LogP contribution in [0.2, 0.25) is 0 Å². The standard InChI is InChI=1S/C14H29NO/c1-4-13-5-7-14(8-6-13)15-10-11(2)9-12(3)16/h11-16H,4-10H2,1-3H3. The molecule has 0 aromatic carbocycles. The van der Waals surface area contributed by atoms with E-state index in [2.05, 4.69) is 19.2 Å². The van der Waals surface area contributed by atoms with E-state index >= 15 is 0 Å². The monoisotopic (exact) mass is 227 g/mol. The largest absolute Gasteiger partial charge is 0.393 e. The summed E-state index contributed by atoms with van der Waals surface area (Å²) < 4.78 is 0. The Morgan fingerprint density at radius 3 is 2.31 bits per heavy atom. The zero-order valence-electron chi connectivity index (χ0n) is 11.2. The number of hydrogen-bond acceptors (Lipinski definition) is 2. The van der Waals surface area contributed by atoms with Gasteiger partial charge in [0.15, 0.2) is 0 Å². The lowest BCUT2D eigenvalue weighted by atomic mass is 9.84. The van der Waals surface area contributed by atoms with Crippen LogP contribution in [0.5, 0.6) is 0 Å². The maximum atomic E-state index is 9.30. The fraction of sp³-hybridized carbons (Fsp3) is 1.00. The van der Waals surface area contributed by atoms with Gasteiger partial charge in [0, 0.05) is 6.04 Å². The second-order valence-corrected chi connectivity index (χ2v) is 5.72. The Hall–Kier alpha value is -0.0800. The highest BCUT2D eigenvalue weighted by Gasteiger charge is 2.19. The smallest absolute Gasteiger partial charge is 0.0515 e. The lowest BCUT2D eigenvalue weighted by Gasteiger charge is -2.29. The molecule has 2 atom stereocenters. The normalized spacial score (nSPS) is 30.0. The van der Waals surface area contributed by atoms with Gasteiger partial charge in [-0.15, -0.1) is 0 Å². The zero-order valence-corrected chi connectivity index (χ0v) is 11.2. The first-order chi connectivity index (χ1) is 7.61. The molecule has 0 amide bonds. The summed E-state index contributed by atoms with van der Waals surface area (Å²) in [4.78, 5) is 0. The maximum absolute atomic E-state index is 9.30. The van der Waals surface area contributed by atoms with Crippen molar-refractivity contribution in [3.05, 3.63) is 0 Å². The van der Waals surface area contributed by atoms with Crippen molar-refractivity contribution in [2.75, 3.05) is 6.54 Å². The minimum absolute atomic E-state index is 0.160. The minimum Gasteiger partial charge on any atom is -0.393 e. The van der Waals surface area contributed by atoms with Crippen molar-refractivity contribution < 1.29 is 5.11 Å². The van der Waals surface area contributed by atoms with Gasteiger partial charge >= 0.3 is 0 Å². The third kappa shape index (κ3) is 5.31. The molecule has 0 saturated heterocycles. The van der Waals surface area contributed by atoms with Crippen LogP contribution in [0.25, 0.3) is 0 Å². The van der Waals surface area contributed by atoms with Gasteiger partial charge in [0.2, 0.25) is 0 Å². The van der Waals surface area contributed by atoms with Crippen LogP contribution in [0.3, 0.4) is 0 Å². The highest BCUT2D eigenvalue weighted by Crippen LogP contribution is 2.26. The lowest BCUT2D eigenvalue weighted by Crippen LogP contribution is -2.36. The van der Waals surface area contributed by atoms with Crippen molar-refractivity contribution in [3.8, 4) is 0 Å². The van der Waals surface area contributed by atoms with Crippen LogP contribution in [0.1, 0.15) is 59.3 Å². The van der Waals surface area contributed by atoms with E-state index in [0.717, 1.165) is 24.9 Å². The van der Waals surface area contributed by atoms with Crippen LogP contribution < -0.4 is 5.32 Å². The van der Waals surface area contributed by atoms with E-state index < -0.39 is 0 Å². The zero-order chi connectivity index (χ0) is 12.0. The molecule has 0 spiro atoms.